The third-order valence-electron chi connectivity index (χ3n) is 8.89. The first-order valence-electron chi connectivity index (χ1n) is 16.2. The Morgan fingerprint density at radius 2 is 1.80 bits per heavy atom. The summed E-state index contributed by atoms with van der Waals surface area (Å²) in [4.78, 5) is 30.7. The van der Waals surface area contributed by atoms with Crippen molar-refractivity contribution in [2.75, 3.05) is 19.1 Å². The van der Waals surface area contributed by atoms with Crippen molar-refractivity contribution in [3.8, 4) is 0 Å². The van der Waals surface area contributed by atoms with E-state index in [9.17, 15) is 18.0 Å². The van der Waals surface area contributed by atoms with E-state index in [1.54, 1.807) is 13.2 Å². The molecule has 246 valence electrons. The average molecular weight is 665 g/mol. The summed E-state index contributed by atoms with van der Waals surface area (Å²) in [7, 11) is -1.64. The average Bonchev–Trinajstić information content (AvgIpc) is 3.71. The van der Waals surface area contributed by atoms with Crippen LogP contribution < -0.4 is 5.32 Å². The van der Waals surface area contributed by atoms with Gasteiger partial charge in [0.25, 0.3) is 5.91 Å². The number of sulfone groups is 1. The van der Waals surface area contributed by atoms with Gasteiger partial charge in [0.1, 0.15) is 5.60 Å². The van der Waals surface area contributed by atoms with E-state index in [-0.39, 0.29) is 23.5 Å². The summed E-state index contributed by atoms with van der Waals surface area (Å²) in [5.41, 5.74) is 5.61. The molecule has 5 rings (SSSR count). The fraction of sp³-hybridized carbons (Fsp3) is 0.486. The van der Waals surface area contributed by atoms with Gasteiger partial charge in [0.15, 0.2) is 9.84 Å². The first-order chi connectivity index (χ1) is 21.7. The van der Waals surface area contributed by atoms with Gasteiger partial charge in [0.2, 0.25) is 0 Å². The number of hydrogen-bond donors (Lipinski definition) is 1. The van der Waals surface area contributed by atoms with Crippen LogP contribution in [0.5, 0.6) is 0 Å². The van der Waals surface area contributed by atoms with Crippen molar-refractivity contribution in [3.05, 3.63) is 81.0 Å². The van der Waals surface area contributed by atoms with Crippen LogP contribution in [0, 0.1) is 11.8 Å². The van der Waals surface area contributed by atoms with Crippen molar-refractivity contribution in [3.63, 3.8) is 0 Å². The number of hydrogen-bond acceptors (Lipinski definition) is 6. The van der Waals surface area contributed by atoms with E-state index in [0.29, 0.717) is 40.8 Å². The van der Waals surface area contributed by atoms with Crippen LogP contribution in [-0.2, 0) is 25.8 Å². The van der Waals surface area contributed by atoms with Gasteiger partial charge < -0.3 is 10.1 Å². The fourth-order valence-electron chi connectivity index (χ4n) is 6.60. The van der Waals surface area contributed by atoms with Crippen molar-refractivity contribution in [2.24, 2.45) is 11.8 Å². The van der Waals surface area contributed by atoms with Gasteiger partial charge in [-0.3, -0.25) is 14.6 Å². The summed E-state index contributed by atoms with van der Waals surface area (Å²) in [6.07, 6.45) is 11.7. The number of halogens is 1. The van der Waals surface area contributed by atoms with Gasteiger partial charge in [0.05, 0.1) is 22.8 Å². The van der Waals surface area contributed by atoms with Crippen LogP contribution >= 0.6 is 11.6 Å². The molecule has 0 bridgehead atoms. The maximum Gasteiger partial charge on any atom is 0.309 e. The van der Waals surface area contributed by atoms with Crippen LogP contribution in [0.15, 0.2) is 48.2 Å². The number of amides is 1. The summed E-state index contributed by atoms with van der Waals surface area (Å²) in [6, 6.07) is 11.7. The molecule has 9 heteroatoms. The van der Waals surface area contributed by atoms with E-state index in [4.69, 9.17) is 21.3 Å². The molecule has 2 unspecified atom stereocenters. The highest BCUT2D eigenvalue weighted by Gasteiger charge is 2.33. The predicted octanol–water partition coefficient (Wildman–Crippen LogP) is 7.68. The van der Waals surface area contributed by atoms with Gasteiger partial charge in [-0.05, 0) is 130 Å². The van der Waals surface area contributed by atoms with E-state index in [0.717, 1.165) is 71.7 Å². The van der Waals surface area contributed by atoms with E-state index in [2.05, 4.69) is 11.4 Å². The minimum absolute atomic E-state index is 0.0195. The summed E-state index contributed by atoms with van der Waals surface area (Å²) in [5.74, 6) is 0.285. The first kappa shape index (κ1) is 34.1. The van der Waals surface area contributed by atoms with Crippen molar-refractivity contribution < 1.29 is 22.7 Å². The lowest BCUT2D eigenvalue weighted by molar-refractivity contribution is -0.159. The smallest absolute Gasteiger partial charge is 0.309 e. The number of nitrogens with zero attached hydrogens (tertiary/aromatic N) is 1. The van der Waals surface area contributed by atoms with Gasteiger partial charge in [-0.2, -0.15) is 0 Å². The Morgan fingerprint density at radius 3 is 2.43 bits per heavy atom. The molecule has 2 aliphatic carbocycles. The molecule has 0 aliphatic heterocycles. The summed E-state index contributed by atoms with van der Waals surface area (Å²) >= 11 is 6.09. The van der Waals surface area contributed by atoms with Gasteiger partial charge in [-0.1, -0.05) is 35.4 Å². The van der Waals surface area contributed by atoms with E-state index >= 15 is 0 Å². The number of benzene rings is 2. The molecular formula is C37H45ClN2O5S. The lowest BCUT2D eigenvalue weighted by Crippen LogP contribution is -2.27. The number of pyridine rings is 1. The summed E-state index contributed by atoms with van der Waals surface area (Å²) < 4.78 is 30.7. The molecule has 2 aromatic carbocycles. The Kier molecular flexibility index (Phi) is 10.3. The Balaban J connectivity index is 1.46. The lowest BCUT2D eigenvalue weighted by atomic mass is 9.91. The second-order valence-corrected chi connectivity index (χ2v) is 16.7. The maximum absolute atomic E-state index is 13.3. The van der Waals surface area contributed by atoms with Gasteiger partial charge in [0, 0.05) is 29.9 Å². The summed E-state index contributed by atoms with van der Waals surface area (Å²) in [5, 5.41) is 4.27. The molecule has 2 saturated carbocycles. The van der Waals surface area contributed by atoms with Crippen LogP contribution in [0.1, 0.15) is 104 Å². The normalized spacial score (nSPS) is 19.0. The zero-order valence-electron chi connectivity index (χ0n) is 27.5. The standard InChI is InChI=1S/C37H45ClN2O5S/c1-37(2,3)45-36(42)27-11-8-23(16-27)6-7-25(22-46(5,43)44)18-28-19-33-32(20-31(28)26-12-13-26)34(35(41)39-4)29(21-40-33)17-24-9-14-30(38)15-10-24/h9-10,14-15,18-21,23,26-27H,6-8,11-13,16-17,22H2,1-5H3,(H,39,41). The Hall–Kier alpha value is -3.23. The number of fused-ring (bicyclic) bond motifs is 1. The van der Waals surface area contributed by atoms with Crippen molar-refractivity contribution >= 4 is 50.3 Å². The van der Waals surface area contributed by atoms with Crippen LogP contribution in [0.25, 0.3) is 17.0 Å². The molecule has 0 radical (unpaired) electrons. The van der Waals surface area contributed by atoms with E-state index in [1.165, 1.54) is 6.26 Å². The number of nitrogens with one attached hydrogen (secondary N) is 1. The number of esters is 1. The van der Waals surface area contributed by atoms with Crippen LogP contribution in [0.2, 0.25) is 5.02 Å². The van der Waals surface area contributed by atoms with Gasteiger partial charge >= 0.3 is 5.97 Å². The van der Waals surface area contributed by atoms with E-state index in [1.807, 2.05) is 57.2 Å². The second-order valence-electron chi connectivity index (χ2n) is 14.1. The Morgan fingerprint density at radius 1 is 1.09 bits per heavy atom. The molecule has 1 amide bonds. The SMILES string of the molecule is CNC(=O)c1c(Cc2ccc(Cl)cc2)cnc2cc(C=C(CCC3CCC(C(=O)OC(C)(C)C)C3)CS(C)(=O)=O)c(C3CC3)cc12. The first-order valence-corrected chi connectivity index (χ1v) is 18.6. The van der Waals surface area contributed by atoms with Crippen LogP contribution in [-0.4, -0.2) is 49.9 Å². The molecule has 2 aliphatic rings. The molecule has 1 heterocycles. The monoisotopic (exact) mass is 664 g/mol. The topological polar surface area (TPSA) is 102 Å². The highest BCUT2D eigenvalue weighted by molar-refractivity contribution is 7.90. The van der Waals surface area contributed by atoms with Crippen molar-refractivity contribution in [1.29, 1.82) is 0 Å². The highest BCUT2D eigenvalue weighted by Crippen LogP contribution is 2.44. The quantitative estimate of drug-likeness (QED) is 0.211. The number of carbonyl (C=O) groups excluding carboxylic acids is 2. The zero-order valence-corrected chi connectivity index (χ0v) is 29.1. The molecule has 1 aromatic heterocycles. The Bertz CT molecular complexity index is 1750. The lowest BCUT2D eigenvalue weighted by Gasteiger charge is -2.22. The van der Waals surface area contributed by atoms with E-state index < -0.39 is 15.4 Å². The molecule has 0 spiro atoms. The molecule has 2 atom stereocenters. The maximum atomic E-state index is 13.3. The largest absolute Gasteiger partial charge is 0.460 e. The van der Waals surface area contributed by atoms with Gasteiger partial charge in [-0.15, -0.1) is 0 Å². The molecule has 46 heavy (non-hydrogen) atoms. The predicted molar refractivity (Wildman–Crippen MR) is 185 cm³/mol. The second kappa shape index (κ2) is 13.9. The number of carbonyl (C=O) groups is 2. The Labute approximate surface area is 278 Å². The van der Waals surface area contributed by atoms with Gasteiger partial charge in [-0.25, -0.2) is 8.42 Å². The molecule has 2 fully saturated rings. The third kappa shape index (κ3) is 8.97. The van der Waals surface area contributed by atoms with Crippen LogP contribution in [0.4, 0.5) is 0 Å². The highest BCUT2D eigenvalue weighted by atomic mass is 35.5. The van der Waals surface area contributed by atoms with Crippen LogP contribution in [0.3, 0.4) is 0 Å². The minimum atomic E-state index is -3.27. The fourth-order valence-corrected chi connectivity index (χ4v) is 7.63. The number of ether oxygens (including phenoxy) is 1. The van der Waals surface area contributed by atoms with Crippen molar-refractivity contribution in [2.45, 2.75) is 83.7 Å². The molecule has 0 saturated heterocycles. The van der Waals surface area contributed by atoms with Crippen molar-refractivity contribution in [1.82, 2.24) is 10.3 Å². The number of rotatable bonds is 11. The molecular weight excluding hydrogens is 620 g/mol. The molecule has 1 N–H and O–H groups in total. The number of aromatic nitrogens is 1. The minimum Gasteiger partial charge on any atom is -0.460 e. The summed E-state index contributed by atoms with van der Waals surface area (Å²) in [6.45, 7) is 5.66. The molecule has 7 nitrogen and oxygen atoms in total. The molecule has 3 aromatic rings. The zero-order chi connectivity index (χ0) is 33.2. The third-order valence-corrected chi connectivity index (χ3v) is 10.0.